The molecule has 0 saturated carbocycles. The Kier molecular flexibility index (Phi) is 5.59. The number of amides is 1. The molecule has 1 aromatic carbocycles. The SMILES string of the molecule is CCN(Cc1ccccc1)C(=O)c1cncc(N2CCC3(CC2)OCCO3)c1. The highest BCUT2D eigenvalue weighted by Gasteiger charge is 2.39. The molecule has 0 radical (unpaired) electrons. The van der Waals surface area contributed by atoms with Crippen LogP contribution in [0.5, 0.6) is 0 Å². The van der Waals surface area contributed by atoms with Crippen LogP contribution in [-0.4, -0.2) is 54.4 Å². The topological polar surface area (TPSA) is 54.9 Å². The van der Waals surface area contributed by atoms with Crippen molar-refractivity contribution in [3.05, 3.63) is 59.9 Å². The van der Waals surface area contributed by atoms with Crippen LogP contribution in [0.2, 0.25) is 0 Å². The quantitative estimate of drug-likeness (QED) is 0.797. The van der Waals surface area contributed by atoms with Gasteiger partial charge in [0.15, 0.2) is 5.79 Å². The van der Waals surface area contributed by atoms with E-state index in [1.807, 2.05) is 54.4 Å². The number of hydrogen-bond donors (Lipinski definition) is 0. The maximum Gasteiger partial charge on any atom is 0.255 e. The largest absolute Gasteiger partial charge is 0.370 e. The van der Waals surface area contributed by atoms with E-state index in [2.05, 4.69) is 9.88 Å². The van der Waals surface area contributed by atoms with Crippen molar-refractivity contribution in [3.63, 3.8) is 0 Å². The molecule has 148 valence electrons. The Morgan fingerprint density at radius 1 is 1.14 bits per heavy atom. The molecule has 28 heavy (non-hydrogen) atoms. The van der Waals surface area contributed by atoms with Crippen molar-refractivity contribution < 1.29 is 14.3 Å². The monoisotopic (exact) mass is 381 g/mol. The van der Waals surface area contributed by atoms with Gasteiger partial charge in [0, 0.05) is 45.2 Å². The first kappa shape index (κ1) is 18.9. The summed E-state index contributed by atoms with van der Waals surface area (Å²) < 4.78 is 11.6. The molecule has 0 bridgehead atoms. The Morgan fingerprint density at radius 3 is 2.54 bits per heavy atom. The van der Waals surface area contributed by atoms with Crippen molar-refractivity contribution in [2.24, 2.45) is 0 Å². The minimum Gasteiger partial charge on any atom is -0.370 e. The van der Waals surface area contributed by atoms with E-state index in [4.69, 9.17) is 9.47 Å². The van der Waals surface area contributed by atoms with Gasteiger partial charge in [0.1, 0.15) is 0 Å². The van der Waals surface area contributed by atoms with E-state index < -0.39 is 5.79 Å². The van der Waals surface area contributed by atoms with E-state index in [1.54, 1.807) is 6.20 Å². The van der Waals surface area contributed by atoms with Crippen LogP contribution in [0.25, 0.3) is 0 Å². The van der Waals surface area contributed by atoms with Crippen molar-refractivity contribution in [2.45, 2.75) is 32.1 Å². The number of aromatic nitrogens is 1. The Balaban J connectivity index is 1.44. The van der Waals surface area contributed by atoms with Crippen molar-refractivity contribution in [2.75, 3.05) is 37.7 Å². The molecule has 4 rings (SSSR count). The van der Waals surface area contributed by atoms with E-state index in [0.717, 1.165) is 37.2 Å². The fourth-order valence-corrected chi connectivity index (χ4v) is 3.92. The molecule has 0 N–H and O–H groups in total. The standard InChI is InChI=1S/C22H27N3O3/c1-2-24(17-18-6-4-3-5-7-18)21(26)19-14-20(16-23-15-19)25-10-8-22(9-11-25)27-12-13-28-22/h3-7,14-16H,2,8-13,17H2,1H3. The summed E-state index contributed by atoms with van der Waals surface area (Å²) in [5.41, 5.74) is 2.73. The number of benzene rings is 1. The molecule has 2 aliphatic rings. The van der Waals surface area contributed by atoms with Gasteiger partial charge in [0.25, 0.3) is 5.91 Å². The third-order valence-corrected chi connectivity index (χ3v) is 5.56. The predicted octanol–water partition coefficient (Wildman–Crippen LogP) is 3.09. The maximum absolute atomic E-state index is 13.0. The van der Waals surface area contributed by atoms with E-state index in [9.17, 15) is 4.79 Å². The average Bonchev–Trinajstić information content (AvgIpc) is 3.21. The summed E-state index contributed by atoms with van der Waals surface area (Å²) in [5, 5.41) is 0. The van der Waals surface area contributed by atoms with E-state index in [-0.39, 0.29) is 5.91 Å². The number of piperidine rings is 1. The van der Waals surface area contributed by atoms with Crippen LogP contribution in [0.3, 0.4) is 0 Å². The zero-order valence-corrected chi connectivity index (χ0v) is 16.3. The molecule has 1 spiro atoms. The molecule has 2 aliphatic heterocycles. The number of hydrogen-bond acceptors (Lipinski definition) is 5. The maximum atomic E-state index is 13.0. The van der Waals surface area contributed by atoms with E-state index in [0.29, 0.717) is 31.9 Å². The van der Waals surface area contributed by atoms with Crippen molar-refractivity contribution in [1.82, 2.24) is 9.88 Å². The lowest BCUT2D eigenvalue weighted by atomic mass is 10.0. The number of nitrogens with zero attached hydrogens (tertiary/aromatic N) is 3. The third kappa shape index (κ3) is 4.03. The highest BCUT2D eigenvalue weighted by atomic mass is 16.7. The second-order valence-corrected chi connectivity index (χ2v) is 7.33. The Hall–Kier alpha value is -2.44. The second-order valence-electron chi connectivity index (χ2n) is 7.33. The molecule has 0 unspecified atom stereocenters. The molecule has 2 saturated heterocycles. The molecular formula is C22H27N3O3. The molecular weight excluding hydrogens is 354 g/mol. The highest BCUT2D eigenvalue weighted by molar-refractivity contribution is 5.94. The smallest absolute Gasteiger partial charge is 0.255 e. The molecule has 1 aromatic heterocycles. The average molecular weight is 381 g/mol. The van der Waals surface area contributed by atoms with Crippen molar-refractivity contribution >= 4 is 11.6 Å². The van der Waals surface area contributed by atoms with Gasteiger partial charge in [-0.05, 0) is 18.6 Å². The van der Waals surface area contributed by atoms with Crippen LogP contribution in [0.1, 0.15) is 35.7 Å². The second kappa shape index (κ2) is 8.29. The lowest BCUT2D eigenvalue weighted by Gasteiger charge is -2.38. The summed E-state index contributed by atoms with van der Waals surface area (Å²) >= 11 is 0. The first-order chi connectivity index (χ1) is 13.7. The Bertz CT molecular complexity index is 796. The van der Waals surface area contributed by atoms with E-state index >= 15 is 0 Å². The number of pyridine rings is 1. The van der Waals surface area contributed by atoms with Crippen molar-refractivity contribution in [3.8, 4) is 0 Å². The van der Waals surface area contributed by atoms with Crippen molar-refractivity contribution in [1.29, 1.82) is 0 Å². The van der Waals surface area contributed by atoms with Gasteiger partial charge in [-0.25, -0.2) is 0 Å². The summed E-state index contributed by atoms with van der Waals surface area (Å²) in [6.07, 6.45) is 5.16. The van der Waals surface area contributed by atoms with E-state index in [1.165, 1.54) is 0 Å². The molecule has 6 nitrogen and oxygen atoms in total. The van der Waals surface area contributed by atoms with Crippen LogP contribution >= 0.6 is 0 Å². The molecule has 0 atom stereocenters. The predicted molar refractivity (Wildman–Crippen MR) is 107 cm³/mol. The summed E-state index contributed by atoms with van der Waals surface area (Å²) in [4.78, 5) is 21.5. The van der Waals surface area contributed by atoms with Gasteiger partial charge in [0.05, 0.1) is 30.7 Å². The lowest BCUT2D eigenvalue weighted by molar-refractivity contribution is -0.169. The number of rotatable bonds is 5. The Labute approximate surface area is 166 Å². The van der Waals surface area contributed by atoms with Gasteiger partial charge in [-0.15, -0.1) is 0 Å². The highest BCUT2D eigenvalue weighted by Crippen LogP contribution is 2.33. The normalized spacial score (nSPS) is 18.4. The van der Waals surface area contributed by atoms with Crippen LogP contribution in [0, 0.1) is 0 Å². The third-order valence-electron chi connectivity index (χ3n) is 5.56. The molecule has 3 heterocycles. The lowest BCUT2D eigenvalue weighted by Crippen LogP contribution is -2.45. The fourth-order valence-electron chi connectivity index (χ4n) is 3.92. The van der Waals surface area contributed by atoms with Gasteiger partial charge >= 0.3 is 0 Å². The molecule has 0 aliphatic carbocycles. The minimum atomic E-state index is -0.397. The van der Waals surface area contributed by atoms with Crippen LogP contribution in [-0.2, 0) is 16.0 Å². The first-order valence-electron chi connectivity index (χ1n) is 10.0. The fraction of sp³-hybridized carbons (Fsp3) is 0.455. The van der Waals surface area contributed by atoms with Gasteiger partial charge in [-0.2, -0.15) is 0 Å². The first-order valence-corrected chi connectivity index (χ1v) is 10.0. The molecule has 2 fully saturated rings. The molecule has 2 aromatic rings. The number of anilines is 1. The summed E-state index contributed by atoms with van der Waals surface area (Å²) in [6.45, 7) is 6.28. The van der Waals surface area contributed by atoms with Gasteiger partial charge < -0.3 is 19.3 Å². The zero-order valence-electron chi connectivity index (χ0n) is 16.3. The summed E-state index contributed by atoms with van der Waals surface area (Å²) in [6, 6.07) is 12.0. The molecule has 6 heteroatoms. The van der Waals surface area contributed by atoms with Crippen LogP contribution < -0.4 is 4.90 Å². The number of carbonyl (C=O) groups excluding carboxylic acids is 1. The zero-order chi connectivity index (χ0) is 19.4. The summed E-state index contributed by atoms with van der Waals surface area (Å²) in [5.74, 6) is -0.386. The van der Waals surface area contributed by atoms with Gasteiger partial charge in [-0.1, -0.05) is 30.3 Å². The molecule has 1 amide bonds. The number of ether oxygens (including phenoxy) is 2. The summed E-state index contributed by atoms with van der Waals surface area (Å²) in [7, 11) is 0. The Morgan fingerprint density at radius 2 is 1.86 bits per heavy atom. The minimum absolute atomic E-state index is 0.0108. The number of carbonyl (C=O) groups is 1. The van der Waals surface area contributed by atoms with Crippen LogP contribution in [0.15, 0.2) is 48.8 Å². The van der Waals surface area contributed by atoms with Crippen LogP contribution in [0.4, 0.5) is 5.69 Å². The van der Waals surface area contributed by atoms with Gasteiger partial charge in [0.2, 0.25) is 0 Å². The van der Waals surface area contributed by atoms with Gasteiger partial charge in [-0.3, -0.25) is 9.78 Å².